The summed E-state index contributed by atoms with van der Waals surface area (Å²) in [6.07, 6.45) is 9.22. The number of hydrogen-bond acceptors (Lipinski definition) is 9. The molecule has 0 spiro atoms. The van der Waals surface area contributed by atoms with Crippen LogP contribution in [0.2, 0.25) is 0 Å². The van der Waals surface area contributed by atoms with E-state index in [0.29, 0.717) is 24.8 Å². The van der Waals surface area contributed by atoms with Crippen LogP contribution in [0.15, 0.2) is 66.3 Å². The van der Waals surface area contributed by atoms with Crippen LogP contribution < -0.4 is 15.5 Å². The van der Waals surface area contributed by atoms with Gasteiger partial charge < -0.3 is 25.8 Å². The molecule has 39 heavy (non-hydrogen) atoms. The zero-order valence-electron chi connectivity index (χ0n) is 22.5. The van der Waals surface area contributed by atoms with Crippen LogP contribution in [0.25, 0.3) is 17.0 Å². The molecule has 5 rings (SSSR count). The number of fused-ring (bicyclic) bond motifs is 1. The number of aromatic nitrogens is 4. The summed E-state index contributed by atoms with van der Waals surface area (Å²) in [6.45, 7) is 7.04. The maximum atomic E-state index is 7.52. The number of likely N-dealkylation sites (tertiary alicyclic amines) is 1. The number of benzene rings is 1. The van der Waals surface area contributed by atoms with Crippen molar-refractivity contribution in [2.24, 2.45) is 11.0 Å². The van der Waals surface area contributed by atoms with E-state index in [-0.39, 0.29) is 0 Å². The van der Waals surface area contributed by atoms with Gasteiger partial charge in [-0.25, -0.2) is 15.0 Å². The first-order chi connectivity index (χ1) is 19.1. The monoisotopic (exact) mass is 525 g/mol. The van der Waals surface area contributed by atoms with Gasteiger partial charge in [-0.2, -0.15) is 5.10 Å². The summed E-state index contributed by atoms with van der Waals surface area (Å²) in [5, 5.41) is 15.0. The standard InChI is InChI=1S/C29H35N9O/c1-21(18-37-10-3-4-11-37)19-39-24-9-12-38-27(17-33-29(38)13-24)25-14-28(35-20-34-25)32-16-22-5-7-23(8-6-22)26(15-30)36-31-2/h5-9,12-15,17,20-21,30-31H,3-4,10-11,16,18-19H2,1-2H3,(H,32,34,35)/b30-15?,36-26+. The van der Waals surface area contributed by atoms with Crippen LogP contribution in [0, 0.1) is 11.3 Å². The lowest BCUT2D eigenvalue weighted by atomic mass is 10.1. The van der Waals surface area contributed by atoms with E-state index >= 15 is 0 Å². The lowest BCUT2D eigenvalue weighted by Gasteiger charge is -2.20. The first-order valence-corrected chi connectivity index (χ1v) is 13.4. The molecule has 1 aliphatic heterocycles. The van der Waals surface area contributed by atoms with Crippen LogP contribution in [-0.2, 0) is 6.54 Å². The molecule has 0 radical (unpaired) electrons. The maximum absolute atomic E-state index is 7.52. The van der Waals surface area contributed by atoms with Crippen molar-refractivity contribution in [1.82, 2.24) is 29.7 Å². The molecule has 0 aliphatic carbocycles. The molecule has 3 N–H and O–H groups in total. The van der Waals surface area contributed by atoms with Crippen LogP contribution in [-0.4, -0.2) is 69.5 Å². The van der Waals surface area contributed by atoms with E-state index in [4.69, 9.17) is 10.1 Å². The summed E-state index contributed by atoms with van der Waals surface area (Å²) in [7, 11) is 1.72. The van der Waals surface area contributed by atoms with Gasteiger partial charge in [-0.15, -0.1) is 0 Å². The Balaban J connectivity index is 1.21. The highest BCUT2D eigenvalue weighted by atomic mass is 16.5. The van der Waals surface area contributed by atoms with E-state index < -0.39 is 0 Å². The molecule has 10 nitrogen and oxygen atoms in total. The highest BCUT2D eigenvalue weighted by Gasteiger charge is 2.15. The number of ether oxygens (including phenoxy) is 1. The van der Waals surface area contributed by atoms with Crippen LogP contribution in [0.1, 0.15) is 30.9 Å². The number of hydrogen-bond donors (Lipinski definition) is 3. The smallest absolute Gasteiger partial charge is 0.140 e. The Hall–Kier alpha value is -4.31. The zero-order valence-corrected chi connectivity index (χ0v) is 22.5. The molecule has 1 aliphatic rings. The SMILES string of the molecule is CN/N=C(\C=N)c1ccc(CNc2cc(-c3cnc4cc(OCC(C)CN5CCCC5)ccn34)ncn2)cc1. The van der Waals surface area contributed by atoms with Crippen LogP contribution in [0.3, 0.4) is 0 Å². The van der Waals surface area contributed by atoms with Gasteiger partial charge in [0.25, 0.3) is 0 Å². The predicted molar refractivity (Wildman–Crippen MR) is 155 cm³/mol. The Morgan fingerprint density at radius 1 is 1.13 bits per heavy atom. The van der Waals surface area contributed by atoms with Crippen molar-refractivity contribution >= 4 is 23.4 Å². The third-order valence-electron chi connectivity index (χ3n) is 6.81. The zero-order chi connectivity index (χ0) is 27.0. The number of nitrogens with zero attached hydrogens (tertiary/aromatic N) is 6. The molecule has 0 bridgehead atoms. The largest absolute Gasteiger partial charge is 0.493 e. The first kappa shape index (κ1) is 26.3. The number of nitrogens with one attached hydrogen (secondary N) is 3. The fourth-order valence-electron chi connectivity index (χ4n) is 4.82. The van der Waals surface area contributed by atoms with Crippen molar-refractivity contribution in [2.45, 2.75) is 26.3 Å². The molecule has 202 valence electrons. The van der Waals surface area contributed by atoms with E-state index in [1.807, 2.05) is 59.3 Å². The normalized spacial score (nSPS) is 14.9. The summed E-state index contributed by atoms with van der Waals surface area (Å²) in [6, 6.07) is 13.8. The number of rotatable bonds is 12. The van der Waals surface area contributed by atoms with Gasteiger partial charge in [-0.3, -0.25) is 4.40 Å². The second-order valence-electron chi connectivity index (χ2n) is 9.86. The molecule has 1 fully saturated rings. The van der Waals surface area contributed by atoms with Gasteiger partial charge in [0, 0.05) is 56.2 Å². The van der Waals surface area contributed by atoms with Gasteiger partial charge in [0.05, 0.1) is 24.2 Å². The van der Waals surface area contributed by atoms with Gasteiger partial charge >= 0.3 is 0 Å². The Morgan fingerprint density at radius 2 is 1.95 bits per heavy atom. The average molecular weight is 526 g/mol. The third-order valence-corrected chi connectivity index (χ3v) is 6.81. The molecule has 1 aromatic carbocycles. The topological polar surface area (TPSA) is 116 Å². The molecular formula is C29H35N9O. The average Bonchev–Trinajstić information content (AvgIpc) is 3.64. The van der Waals surface area contributed by atoms with E-state index in [1.54, 1.807) is 13.4 Å². The fraction of sp³-hybridized carbons (Fsp3) is 0.345. The van der Waals surface area contributed by atoms with Gasteiger partial charge in [0.2, 0.25) is 0 Å². The highest BCUT2D eigenvalue weighted by molar-refractivity contribution is 6.37. The molecule has 1 atom stereocenters. The second-order valence-corrected chi connectivity index (χ2v) is 9.86. The summed E-state index contributed by atoms with van der Waals surface area (Å²) >= 11 is 0. The predicted octanol–water partition coefficient (Wildman–Crippen LogP) is 4.09. The molecular weight excluding hydrogens is 490 g/mol. The minimum absolute atomic E-state index is 0.478. The number of pyridine rings is 1. The van der Waals surface area contributed by atoms with Crippen molar-refractivity contribution in [3.63, 3.8) is 0 Å². The van der Waals surface area contributed by atoms with Crippen molar-refractivity contribution in [3.05, 3.63) is 72.3 Å². The van der Waals surface area contributed by atoms with Crippen molar-refractivity contribution < 1.29 is 4.74 Å². The molecule has 0 saturated carbocycles. The molecule has 3 aromatic heterocycles. The minimum atomic E-state index is 0.478. The molecule has 10 heteroatoms. The van der Waals surface area contributed by atoms with Crippen LogP contribution >= 0.6 is 0 Å². The summed E-state index contributed by atoms with van der Waals surface area (Å²) < 4.78 is 8.11. The molecule has 4 aromatic rings. The van der Waals surface area contributed by atoms with E-state index in [0.717, 1.165) is 46.3 Å². The van der Waals surface area contributed by atoms with Crippen molar-refractivity contribution in [1.29, 1.82) is 5.41 Å². The van der Waals surface area contributed by atoms with Gasteiger partial charge in [0.1, 0.15) is 29.3 Å². The Bertz CT molecular complexity index is 1420. The van der Waals surface area contributed by atoms with E-state index in [2.05, 4.69) is 42.6 Å². The number of imidazole rings is 1. The molecule has 4 heterocycles. The van der Waals surface area contributed by atoms with Crippen molar-refractivity contribution in [3.8, 4) is 17.1 Å². The maximum Gasteiger partial charge on any atom is 0.140 e. The summed E-state index contributed by atoms with van der Waals surface area (Å²) in [5.41, 5.74) is 7.75. The molecule has 1 unspecified atom stereocenters. The number of anilines is 1. The first-order valence-electron chi connectivity index (χ1n) is 13.4. The lowest BCUT2D eigenvalue weighted by Crippen LogP contribution is -2.28. The second kappa shape index (κ2) is 12.5. The van der Waals surface area contributed by atoms with Crippen LogP contribution in [0.4, 0.5) is 5.82 Å². The Kier molecular flexibility index (Phi) is 8.42. The lowest BCUT2D eigenvalue weighted by molar-refractivity contribution is 0.206. The number of hydrazone groups is 1. The van der Waals surface area contributed by atoms with Crippen molar-refractivity contribution in [2.75, 3.05) is 38.6 Å². The van der Waals surface area contributed by atoms with Gasteiger partial charge in [-0.1, -0.05) is 31.2 Å². The van der Waals surface area contributed by atoms with Gasteiger partial charge in [-0.05, 0) is 37.6 Å². The fourth-order valence-corrected chi connectivity index (χ4v) is 4.82. The molecule has 0 amide bonds. The summed E-state index contributed by atoms with van der Waals surface area (Å²) in [4.78, 5) is 16.0. The van der Waals surface area contributed by atoms with Crippen LogP contribution in [0.5, 0.6) is 5.75 Å². The quantitative estimate of drug-likeness (QED) is 0.188. The third kappa shape index (κ3) is 6.58. The molecule has 1 saturated heterocycles. The Labute approximate surface area is 228 Å². The van der Waals surface area contributed by atoms with E-state index in [9.17, 15) is 0 Å². The highest BCUT2D eigenvalue weighted by Crippen LogP contribution is 2.24. The van der Waals surface area contributed by atoms with Gasteiger partial charge in [0.15, 0.2) is 0 Å². The van der Waals surface area contributed by atoms with E-state index in [1.165, 1.54) is 32.1 Å². The Morgan fingerprint density at radius 3 is 2.72 bits per heavy atom. The minimum Gasteiger partial charge on any atom is -0.493 e. The summed E-state index contributed by atoms with van der Waals surface area (Å²) in [5.74, 6) is 2.03.